The van der Waals surface area contributed by atoms with E-state index in [1.807, 2.05) is 24.3 Å². The van der Waals surface area contributed by atoms with E-state index in [-0.39, 0.29) is 24.3 Å². The molecule has 2 aromatic heterocycles. The maximum absolute atomic E-state index is 13.4. The van der Waals surface area contributed by atoms with Gasteiger partial charge in [0.05, 0.1) is 16.8 Å². The lowest BCUT2D eigenvalue weighted by molar-refractivity contribution is -0.117. The van der Waals surface area contributed by atoms with E-state index in [9.17, 15) is 19.1 Å². The van der Waals surface area contributed by atoms with Crippen molar-refractivity contribution in [1.82, 2.24) is 9.88 Å². The molecule has 1 aliphatic heterocycles. The van der Waals surface area contributed by atoms with Crippen molar-refractivity contribution in [2.75, 3.05) is 18.4 Å². The third-order valence-electron chi connectivity index (χ3n) is 5.77. The van der Waals surface area contributed by atoms with E-state index < -0.39 is 5.97 Å². The van der Waals surface area contributed by atoms with Gasteiger partial charge >= 0.3 is 5.97 Å². The Hall–Kier alpha value is -2.88. The largest absolute Gasteiger partial charge is 0.477 e. The van der Waals surface area contributed by atoms with Crippen LogP contribution in [0.3, 0.4) is 0 Å². The van der Waals surface area contributed by atoms with E-state index in [0.29, 0.717) is 26.6 Å². The SMILES string of the molecule is O=C(CN1CCCC1Cc1c(C(=O)O)sc2ccccc12)Nc1nc2ccc(F)cc2s1. The first-order valence-corrected chi connectivity index (χ1v) is 11.9. The summed E-state index contributed by atoms with van der Waals surface area (Å²) in [6.07, 6.45) is 2.47. The van der Waals surface area contributed by atoms with Gasteiger partial charge in [-0.3, -0.25) is 9.69 Å². The summed E-state index contributed by atoms with van der Waals surface area (Å²) in [5.41, 5.74) is 1.50. The van der Waals surface area contributed by atoms with Gasteiger partial charge in [-0.1, -0.05) is 29.5 Å². The van der Waals surface area contributed by atoms with Gasteiger partial charge in [-0.2, -0.15) is 0 Å². The van der Waals surface area contributed by atoms with Gasteiger partial charge in [0, 0.05) is 10.7 Å². The Balaban J connectivity index is 1.31. The lowest BCUT2D eigenvalue weighted by Gasteiger charge is -2.23. The van der Waals surface area contributed by atoms with Gasteiger partial charge < -0.3 is 10.4 Å². The van der Waals surface area contributed by atoms with Crippen molar-refractivity contribution in [2.45, 2.75) is 25.3 Å². The molecule has 1 fully saturated rings. The van der Waals surface area contributed by atoms with Crippen LogP contribution in [0.4, 0.5) is 9.52 Å². The molecule has 32 heavy (non-hydrogen) atoms. The molecule has 164 valence electrons. The predicted octanol–water partition coefficient (Wildman–Crippen LogP) is 4.99. The van der Waals surface area contributed by atoms with Crippen LogP contribution >= 0.6 is 22.7 Å². The molecule has 4 aromatic rings. The van der Waals surface area contributed by atoms with Crippen molar-refractivity contribution in [3.63, 3.8) is 0 Å². The van der Waals surface area contributed by atoms with Crippen molar-refractivity contribution in [1.29, 1.82) is 0 Å². The molecule has 0 spiro atoms. The van der Waals surface area contributed by atoms with Crippen LogP contribution < -0.4 is 5.32 Å². The van der Waals surface area contributed by atoms with E-state index in [1.54, 1.807) is 6.07 Å². The number of thiazole rings is 1. The number of hydrogen-bond acceptors (Lipinski definition) is 6. The highest BCUT2D eigenvalue weighted by Crippen LogP contribution is 2.34. The number of nitrogens with zero attached hydrogens (tertiary/aromatic N) is 2. The van der Waals surface area contributed by atoms with E-state index in [2.05, 4.69) is 15.2 Å². The number of aromatic nitrogens is 1. The minimum absolute atomic E-state index is 0.0984. The number of thiophene rings is 1. The molecular weight excluding hydrogens is 449 g/mol. The third kappa shape index (κ3) is 4.11. The molecule has 0 saturated carbocycles. The molecule has 2 aromatic carbocycles. The molecule has 0 bridgehead atoms. The second-order valence-corrected chi connectivity index (χ2v) is 9.94. The minimum atomic E-state index is -0.907. The number of benzene rings is 2. The topological polar surface area (TPSA) is 82.5 Å². The second-order valence-electron chi connectivity index (χ2n) is 7.86. The van der Waals surface area contributed by atoms with Crippen LogP contribution in [0.2, 0.25) is 0 Å². The molecule has 5 rings (SSSR count). The van der Waals surface area contributed by atoms with Crippen LogP contribution in [0.25, 0.3) is 20.3 Å². The maximum Gasteiger partial charge on any atom is 0.346 e. The van der Waals surface area contributed by atoms with Crippen LogP contribution in [0.15, 0.2) is 42.5 Å². The fourth-order valence-corrected chi connectivity index (χ4v) is 6.32. The number of aromatic carboxylic acids is 1. The molecular formula is C23H20FN3O3S2. The smallest absolute Gasteiger partial charge is 0.346 e. The zero-order valence-corrected chi connectivity index (χ0v) is 18.6. The summed E-state index contributed by atoms with van der Waals surface area (Å²) < 4.78 is 15.1. The molecule has 1 atom stereocenters. The van der Waals surface area contributed by atoms with Crippen LogP contribution in [0, 0.1) is 5.82 Å². The molecule has 3 heterocycles. The number of anilines is 1. The zero-order valence-electron chi connectivity index (χ0n) is 17.0. The summed E-state index contributed by atoms with van der Waals surface area (Å²) >= 11 is 2.55. The molecule has 2 N–H and O–H groups in total. The number of likely N-dealkylation sites (tertiary alicyclic amines) is 1. The number of carboxylic acids is 1. The first-order chi connectivity index (χ1) is 15.5. The molecule has 1 aliphatic rings. The Kier molecular flexibility index (Phi) is 5.62. The van der Waals surface area contributed by atoms with Gasteiger partial charge in [-0.15, -0.1) is 11.3 Å². The summed E-state index contributed by atoms with van der Waals surface area (Å²) in [4.78, 5) is 31.4. The fourth-order valence-electron chi connectivity index (χ4n) is 4.34. The predicted molar refractivity (Wildman–Crippen MR) is 125 cm³/mol. The van der Waals surface area contributed by atoms with E-state index in [0.717, 1.165) is 35.0 Å². The number of carbonyl (C=O) groups excluding carboxylic acids is 1. The van der Waals surface area contributed by atoms with E-state index in [1.165, 1.54) is 34.8 Å². The maximum atomic E-state index is 13.4. The number of hydrogen-bond donors (Lipinski definition) is 2. The van der Waals surface area contributed by atoms with Crippen LogP contribution in [-0.4, -0.2) is 46.0 Å². The first kappa shape index (κ1) is 21.0. The number of halogens is 1. The summed E-state index contributed by atoms with van der Waals surface area (Å²) in [5.74, 6) is -1.42. The summed E-state index contributed by atoms with van der Waals surface area (Å²) in [6.45, 7) is 0.993. The number of rotatable bonds is 6. The number of carboxylic acid groups (broad SMARTS) is 1. The monoisotopic (exact) mass is 469 g/mol. The normalized spacial score (nSPS) is 16.7. The summed E-state index contributed by atoms with van der Waals surface area (Å²) in [6, 6.07) is 12.2. The first-order valence-electron chi connectivity index (χ1n) is 10.3. The average molecular weight is 470 g/mol. The Bertz CT molecular complexity index is 1330. The molecule has 0 radical (unpaired) electrons. The van der Waals surface area contributed by atoms with Gasteiger partial charge in [0.15, 0.2) is 5.13 Å². The highest BCUT2D eigenvalue weighted by Gasteiger charge is 2.29. The molecule has 6 nitrogen and oxygen atoms in total. The summed E-state index contributed by atoms with van der Waals surface area (Å²) in [7, 11) is 0. The molecule has 9 heteroatoms. The average Bonchev–Trinajstić information content (AvgIpc) is 3.45. The molecule has 1 saturated heterocycles. The third-order valence-corrected chi connectivity index (χ3v) is 7.91. The van der Waals surface area contributed by atoms with Crippen LogP contribution in [0.1, 0.15) is 28.1 Å². The van der Waals surface area contributed by atoms with Crippen molar-refractivity contribution >= 4 is 60.0 Å². The van der Waals surface area contributed by atoms with Gasteiger partial charge in [-0.25, -0.2) is 14.2 Å². The van der Waals surface area contributed by atoms with Crippen molar-refractivity contribution < 1.29 is 19.1 Å². The lowest BCUT2D eigenvalue weighted by Crippen LogP contribution is -2.38. The van der Waals surface area contributed by atoms with E-state index >= 15 is 0 Å². The number of carbonyl (C=O) groups is 2. The zero-order chi connectivity index (χ0) is 22.2. The number of fused-ring (bicyclic) bond motifs is 2. The van der Waals surface area contributed by atoms with Gasteiger partial charge in [-0.05, 0) is 61.0 Å². The van der Waals surface area contributed by atoms with Gasteiger partial charge in [0.1, 0.15) is 10.7 Å². The van der Waals surface area contributed by atoms with E-state index in [4.69, 9.17) is 0 Å². The van der Waals surface area contributed by atoms with Crippen LogP contribution in [-0.2, 0) is 11.2 Å². The van der Waals surface area contributed by atoms with Crippen LogP contribution in [0.5, 0.6) is 0 Å². The molecule has 0 aliphatic carbocycles. The highest BCUT2D eigenvalue weighted by atomic mass is 32.1. The van der Waals surface area contributed by atoms with Crippen molar-refractivity contribution in [3.8, 4) is 0 Å². The standard InChI is InChI=1S/C23H20FN3O3S2/c24-13-7-8-17-19(10-13)32-23(25-17)26-20(28)12-27-9-3-4-14(27)11-16-15-5-1-2-6-18(15)31-21(16)22(29)30/h1-2,5-8,10,14H,3-4,9,11-12H2,(H,29,30)(H,25,26,28). The van der Waals surface area contributed by atoms with Gasteiger partial charge in [0.2, 0.25) is 5.91 Å². The Morgan fingerprint density at radius 1 is 1.19 bits per heavy atom. The lowest BCUT2D eigenvalue weighted by atomic mass is 10.0. The highest BCUT2D eigenvalue weighted by molar-refractivity contribution is 7.22. The van der Waals surface area contributed by atoms with Gasteiger partial charge in [0.25, 0.3) is 0 Å². The Morgan fingerprint density at radius 2 is 2.03 bits per heavy atom. The second kappa shape index (κ2) is 8.57. The number of amides is 1. The Labute approximate surface area is 191 Å². The summed E-state index contributed by atoms with van der Waals surface area (Å²) in [5, 5.41) is 14.0. The molecule has 1 unspecified atom stereocenters. The van der Waals surface area contributed by atoms with Crippen molar-refractivity contribution in [2.24, 2.45) is 0 Å². The van der Waals surface area contributed by atoms with Crippen molar-refractivity contribution in [3.05, 3.63) is 58.7 Å². The number of nitrogens with one attached hydrogen (secondary N) is 1. The molecule has 1 amide bonds. The quantitative estimate of drug-likeness (QED) is 0.416. The minimum Gasteiger partial charge on any atom is -0.477 e. The Morgan fingerprint density at radius 3 is 2.88 bits per heavy atom. The fraction of sp³-hybridized carbons (Fsp3) is 0.261.